The molecule has 2 aromatic heterocycles. The van der Waals surface area contributed by atoms with E-state index in [0.717, 1.165) is 18.5 Å². The predicted molar refractivity (Wildman–Crippen MR) is 89.2 cm³/mol. The van der Waals surface area contributed by atoms with Crippen LogP contribution in [0.15, 0.2) is 33.5 Å². The van der Waals surface area contributed by atoms with E-state index in [0.29, 0.717) is 35.8 Å². The van der Waals surface area contributed by atoms with E-state index < -0.39 is 0 Å². The van der Waals surface area contributed by atoms with Crippen molar-refractivity contribution < 1.29 is 9.15 Å². The first-order valence-corrected chi connectivity index (χ1v) is 7.93. The van der Waals surface area contributed by atoms with Gasteiger partial charge in [-0.05, 0) is 26.0 Å². The van der Waals surface area contributed by atoms with E-state index in [9.17, 15) is 4.79 Å². The van der Waals surface area contributed by atoms with Crippen LogP contribution in [-0.4, -0.2) is 35.9 Å². The van der Waals surface area contributed by atoms with Crippen molar-refractivity contribution in [2.45, 2.75) is 19.9 Å². The molecular weight excluding hydrogens is 294 g/mol. The minimum atomic E-state index is -0.123. The summed E-state index contributed by atoms with van der Waals surface area (Å²) < 4.78 is 12.9. The minimum Gasteiger partial charge on any atom is -0.448 e. The summed E-state index contributed by atoms with van der Waals surface area (Å²) in [6.07, 6.45) is 0. The van der Waals surface area contributed by atoms with Crippen molar-refractivity contribution in [2.24, 2.45) is 0 Å². The highest BCUT2D eigenvalue weighted by atomic mass is 16.5. The molecule has 0 unspecified atom stereocenters. The second-order valence-electron chi connectivity index (χ2n) is 6.06. The zero-order valence-electron chi connectivity index (χ0n) is 13.3. The number of fused-ring (bicyclic) bond motifs is 3. The van der Waals surface area contributed by atoms with Crippen LogP contribution in [0.5, 0.6) is 0 Å². The van der Waals surface area contributed by atoms with Gasteiger partial charge in [-0.3, -0.25) is 9.36 Å². The van der Waals surface area contributed by atoms with Gasteiger partial charge in [0.2, 0.25) is 11.5 Å². The first kappa shape index (κ1) is 14.3. The molecule has 0 bridgehead atoms. The Hall–Kier alpha value is -2.34. The lowest BCUT2D eigenvalue weighted by atomic mass is 10.2. The van der Waals surface area contributed by atoms with Gasteiger partial charge in [-0.15, -0.1) is 0 Å². The topological polar surface area (TPSA) is 60.5 Å². The largest absolute Gasteiger partial charge is 0.448 e. The summed E-state index contributed by atoms with van der Waals surface area (Å²) >= 11 is 0. The number of nitrogens with zero attached hydrogens (tertiary/aromatic N) is 3. The SMILES string of the molecule is CC(C)n1c(N2CCOCC2)nc2c(oc3ccccc32)c1=O. The van der Waals surface area contributed by atoms with Gasteiger partial charge in [0.25, 0.3) is 5.56 Å². The highest BCUT2D eigenvalue weighted by molar-refractivity contribution is 6.02. The third-order valence-corrected chi connectivity index (χ3v) is 4.22. The Morgan fingerprint density at radius 2 is 1.91 bits per heavy atom. The van der Waals surface area contributed by atoms with Crippen LogP contribution in [0, 0.1) is 0 Å². The molecule has 3 heterocycles. The average Bonchev–Trinajstić information content (AvgIpc) is 2.94. The number of para-hydroxylation sites is 1. The Labute approximate surface area is 133 Å². The van der Waals surface area contributed by atoms with Gasteiger partial charge in [0.05, 0.1) is 13.2 Å². The molecule has 0 N–H and O–H groups in total. The minimum absolute atomic E-state index is 0.00505. The molecule has 23 heavy (non-hydrogen) atoms. The van der Waals surface area contributed by atoms with E-state index in [1.807, 2.05) is 38.1 Å². The maximum Gasteiger partial charge on any atom is 0.298 e. The summed E-state index contributed by atoms with van der Waals surface area (Å²) in [4.78, 5) is 19.9. The lowest BCUT2D eigenvalue weighted by Crippen LogP contribution is -2.41. The third-order valence-electron chi connectivity index (χ3n) is 4.22. The van der Waals surface area contributed by atoms with Crippen LogP contribution in [0.3, 0.4) is 0 Å². The smallest absolute Gasteiger partial charge is 0.298 e. The number of anilines is 1. The van der Waals surface area contributed by atoms with Crippen LogP contribution in [0.2, 0.25) is 0 Å². The van der Waals surface area contributed by atoms with Gasteiger partial charge >= 0.3 is 0 Å². The molecule has 0 aliphatic carbocycles. The molecule has 0 amide bonds. The summed E-state index contributed by atoms with van der Waals surface area (Å²) in [6.45, 7) is 6.75. The third kappa shape index (κ3) is 2.21. The van der Waals surface area contributed by atoms with Gasteiger partial charge in [0.15, 0.2) is 0 Å². The fourth-order valence-corrected chi connectivity index (χ4v) is 3.09. The molecule has 1 saturated heterocycles. The normalized spacial score (nSPS) is 15.9. The van der Waals surface area contributed by atoms with Crippen LogP contribution < -0.4 is 10.5 Å². The maximum absolute atomic E-state index is 13.0. The van der Waals surface area contributed by atoms with Crippen molar-refractivity contribution in [2.75, 3.05) is 31.2 Å². The van der Waals surface area contributed by atoms with Gasteiger partial charge in [-0.1, -0.05) is 12.1 Å². The van der Waals surface area contributed by atoms with Gasteiger partial charge < -0.3 is 14.1 Å². The Balaban J connectivity index is 2.04. The van der Waals surface area contributed by atoms with Crippen LogP contribution in [0.25, 0.3) is 22.1 Å². The molecule has 1 aromatic carbocycles. The van der Waals surface area contributed by atoms with Gasteiger partial charge in [-0.25, -0.2) is 4.98 Å². The van der Waals surface area contributed by atoms with Crippen molar-refractivity contribution in [3.8, 4) is 0 Å². The Morgan fingerprint density at radius 3 is 2.65 bits per heavy atom. The Morgan fingerprint density at radius 1 is 1.17 bits per heavy atom. The molecule has 1 aliphatic rings. The van der Waals surface area contributed by atoms with Crippen molar-refractivity contribution >= 4 is 28.0 Å². The van der Waals surface area contributed by atoms with Gasteiger partial charge in [0.1, 0.15) is 11.1 Å². The summed E-state index contributed by atoms with van der Waals surface area (Å²) in [5, 5.41) is 0.880. The Kier molecular flexibility index (Phi) is 3.34. The van der Waals surface area contributed by atoms with Crippen molar-refractivity contribution in [1.82, 2.24) is 9.55 Å². The summed E-state index contributed by atoms with van der Waals surface area (Å²) in [5.74, 6) is 0.701. The highest BCUT2D eigenvalue weighted by Gasteiger charge is 2.23. The molecule has 1 aliphatic heterocycles. The molecule has 4 rings (SSSR count). The van der Waals surface area contributed by atoms with E-state index in [4.69, 9.17) is 14.1 Å². The maximum atomic E-state index is 13.0. The van der Waals surface area contributed by atoms with Crippen molar-refractivity contribution in [3.63, 3.8) is 0 Å². The molecule has 0 spiro atoms. The zero-order chi connectivity index (χ0) is 16.0. The standard InChI is InChI=1S/C17H19N3O3/c1-11(2)20-16(21)15-14(12-5-3-4-6-13(12)23-15)18-17(20)19-7-9-22-10-8-19/h3-6,11H,7-10H2,1-2H3. The number of ether oxygens (including phenoxy) is 1. The average molecular weight is 313 g/mol. The quantitative estimate of drug-likeness (QED) is 0.727. The van der Waals surface area contributed by atoms with E-state index in [-0.39, 0.29) is 11.6 Å². The summed E-state index contributed by atoms with van der Waals surface area (Å²) in [7, 11) is 0. The lowest BCUT2D eigenvalue weighted by Gasteiger charge is -2.30. The number of morpholine rings is 1. The van der Waals surface area contributed by atoms with E-state index in [1.165, 1.54) is 0 Å². The summed E-state index contributed by atoms with van der Waals surface area (Å²) in [6, 6.07) is 7.64. The second-order valence-corrected chi connectivity index (χ2v) is 6.06. The number of furan rings is 1. The van der Waals surface area contributed by atoms with Gasteiger partial charge in [-0.2, -0.15) is 0 Å². The molecule has 120 valence electrons. The highest BCUT2D eigenvalue weighted by Crippen LogP contribution is 2.28. The molecule has 3 aromatic rings. The lowest BCUT2D eigenvalue weighted by molar-refractivity contribution is 0.121. The predicted octanol–water partition coefficient (Wildman–Crippen LogP) is 2.56. The molecule has 0 saturated carbocycles. The second kappa shape index (κ2) is 5.38. The number of rotatable bonds is 2. The number of hydrogen-bond acceptors (Lipinski definition) is 5. The monoisotopic (exact) mass is 313 g/mol. The van der Waals surface area contributed by atoms with Crippen LogP contribution in [0.1, 0.15) is 19.9 Å². The van der Waals surface area contributed by atoms with E-state index in [1.54, 1.807) is 4.57 Å². The molecular formula is C17H19N3O3. The zero-order valence-corrected chi connectivity index (χ0v) is 13.3. The first-order valence-electron chi connectivity index (χ1n) is 7.93. The van der Waals surface area contributed by atoms with E-state index >= 15 is 0 Å². The molecule has 6 nitrogen and oxygen atoms in total. The van der Waals surface area contributed by atoms with Crippen LogP contribution >= 0.6 is 0 Å². The molecule has 1 fully saturated rings. The molecule has 0 radical (unpaired) electrons. The fourth-order valence-electron chi connectivity index (χ4n) is 3.09. The number of hydrogen-bond donors (Lipinski definition) is 0. The number of benzene rings is 1. The van der Waals surface area contributed by atoms with Crippen molar-refractivity contribution in [1.29, 1.82) is 0 Å². The molecule has 0 atom stereocenters. The van der Waals surface area contributed by atoms with Crippen molar-refractivity contribution in [3.05, 3.63) is 34.6 Å². The Bertz CT molecular complexity index is 920. The molecule has 6 heteroatoms. The summed E-state index contributed by atoms with van der Waals surface area (Å²) in [5.41, 5.74) is 1.55. The van der Waals surface area contributed by atoms with E-state index in [2.05, 4.69) is 4.90 Å². The first-order chi connectivity index (χ1) is 11.2. The fraction of sp³-hybridized carbons (Fsp3) is 0.412. The van der Waals surface area contributed by atoms with Crippen LogP contribution in [0.4, 0.5) is 5.95 Å². The van der Waals surface area contributed by atoms with Gasteiger partial charge in [0, 0.05) is 24.5 Å². The van der Waals surface area contributed by atoms with Crippen LogP contribution in [-0.2, 0) is 4.74 Å². The number of aromatic nitrogens is 2.